The zero-order valence-corrected chi connectivity index (χ0v) is 10.7. The monoisotopic (exact) mass is 259 g/mol. The molecule has 0 radical (unpaired) electrons. The number of hydrogen-bond donors (Lipinski definition) is 0. The van der Waals surface area contributed by atoms with E-state index in [-0.39, 0.29) is 17.9 Å². The molecule has 2 rings (SSSR count). The molecular formula is C14H13NO4. The Hall–Kier alpha value is -2.43. The standard InChI is InChI=1S/C14H13NO4/c1-9-7-11(3-5-13(9)15(17)18)14-6-4-12(19-14)8-10(2)16/h3-7H,8H2,1-2H3. The highest BCUT2D eigenvalue weighted by molar-refractivity contribution is 5.77. The van der Waals surface area contributed by atoms with E-state index in [9.17, 15) is 14.9 Å². The molecule has 19 heavy (non-hydrogen) atoms. The zero-order valence-electron chi connectivity index (χ0n) is 10.7. The number of aryl methyl sites for hydroxylation is 1. The van der Waals surface area contributed by atoms with Crippen molar-refractivity contribution in [1.29, 1.82) is 0 Å². The number of nitro groups is 1. The summed E-state index contributed by atoms with van der Waals surface area (Å²) in [6, 6.07) is 8.31. The minimum absolute atomic E-state index is 0.0285. The minimum atomic E-state index is -0.414. The first-order chi connectivity index (χ1) is 8.97. The van der Waals surface area contributed by atoms with Crippen LogP contribution in [-0.4, -0.2) is 10.7 Å². The zero-order chi connectivity index (χ0) is 14.0. The van der Waals surface area contributed by atoms with Crippen molar-refractivity contribution < 1.29 is 14.1 Å². The number of ketones is 1. The highest BCUT2D eigenvalue weighted by atomic mass is 16.6. The van der Waals surface area contributed by atoms with Crippen LogP contribution in [0.5, 0.6) is 0 Å². The Kier molecular flexibility index (Phi) is 3.46. The molecule has 0 aliphatic carbocycles. The Morgan fingerprint density at radius 1 is 1.32 bits per heavy atom. The number of carbonyl (C=O) groups excluding carboxylic acids is 1. The van der Waals surface area contributed by atoms with Gasteiger partial charge in [-0.3, -0.25) is 14.9 Å². The van der Waals surface area contributed by atoms with Gasteiger partial charge in [0.1, 0.15) is 17.3 Å². The highest BCUT2D eigenvalue weighted by Crippen LogP contribution is 2.27. The number of hydrogen-bond acceptors (Lipinski definition) is 4. The fourth-order valence-corrected chi connectivity index (χ4v) is 1.89. The second kappa shape index (κ2) is 5.06. The van der Waals surface area contributed by atoms with Crippen molar-refractivity contribution in [2.75, 3.05) is 0 Å². The average Bonchev–Trinajstić information content (AvgIpc) is 2.75. The molecule has 1 aromatic carbocycles. The summed E-state index contributed by atoms with van der Waals surface area (Å²) >= 11 is 0. The normalized spacial score (nSPS) is 10.4. The average molecular weight is 259 g/mol. The van der Waals surface area contributed by atoms with E-state index in [2.05, 4.69) is 0 Å². The number of carbonyl (C=O) groups is 1. The molecule has 0 saturated heterocycles. The first kappa shape index (κ1) is 13.0. The summed E-state index contributed by atoms with van der Waals surface area (Å²) in [5, 5.41) is 10.7. The maximum absolute atomic E-state index is 11.0. The largest absolute Gasteiger partial charge is 0.461 e. The molecule has 0 bridgehead atoms. The summed E-state index contributed by atoms with van der Waals surface area (Å²) in [4.78, 5) is 21.3. The molecule has 0 fully saturated rings. The fraction of sp³-hybridized carbons (Fsp3) is 0.214. The first-order valence-electron chi connectivity index (χ1n) is 5.81. The third kappa shape index (κ3) is 2.88. The van der Waals surface area contributed by atoms with Crippen LogP contribution >= 0.6 is 0 Å². The van der Waals surface area contributed by atoms with Gasteiger partial charge >= 0.3 is 0 Å². The third-order valence-corrected chi connectivity index (χ3v) is 2.76. The van der Waals surface area contributed by atoms with Gasteiger partial charge in [-0.2, -0.15) is 0 Å². The second-order valence-corrected chi connectivity index (χ2v) is 4.40. The van der Waals surface area contributed by atoms with Crippen LogP contribution in [0.3, 0.4) is 0 Å². The van der Waals surface area contributed by atoms with E-state index in [1.54, 1.807) is 31.2 Å². The predicted octanol–water partition coefficient (Wildman–Crippen LogP) is 3.29. The lowest BCUT2D eigenvalue weighted by Gasteiger charge is -2.00. The van der Waals surface area contributed by atoms with Crippen molar-refractivity contribution in [2.45, 2.75) is 20.3 Å². The molecule has 0 aliphatic rings. The summed E-state index contributed by atoms with van der Waals surface area (Å²) in [6.45, 7) is 3.18. The highest BCUT2D eigenvalue weighted by Gasteiger charge is 2.13. The van der Waals surface area contributed by atoms with E-state index in [1.807, 2.05) is 0 Å². The van der Waals surface area contributed by atoms with Crippen molar-refractivity contribution in [2.24, 2.45) is 0 Å². The van der Waals surface area contributed by atoms with Gasteiger partial charge in [0.25, 0.3) is 5.69 Å². The van der Waals surface area contributed by atoms with Crippen molar-refractivity contribution in [3.8, 4) is 11.3 Å². The van der Waals surface area contributed by atoms with Gasteiger partial charge in [-0.25, -0.2) is 0 Å². The smallest absolute Gasteiger partial charge is 0.272 e. The summed E-state index contributed by atoms with van der Waals surface area (Å²) < 4.78 is 5.55. The van der Waals surface area contributed by atoms with Gasteiger partial charge < -0.3 is 4.42 Å². The Morgan fingerprint density at radius 2 is 2.05 bits per heavy atom. The lowest BCUT2D eigenvalue weighted by atomic mass is 10.1. The van der Waals surface area contributed by atoms with Crippen molar-refractivity contribution >= 4 is 11.5 Å². The first-order valence-corrected chi connectivity index (χ1v) is 5.81. The molecular weight excluding hydrogens is 246 g/mol. The maximum Gasteiger partial charge on any atom is 0.272 e. The van der Waals surface area contributed by atoms with Crippen LogP contribution in [0.15, 0.2) is 34.7 Å². The molecule has 5 heteroatoms. The van der Waals surface area contributed by atoms with E-state index in [0.717, 1.165) is 5.56 Å². The van der Waals surface area contributed by atoms with Gasteiger partial charge in [-0.15, -0.1) is 0 Å². The van der Waals surface area contributed by atoms with Gasteiger partial charge in [-0.1, -0.05) is 0 Å². The lowest BCUT2D eigenvalue weighted by Crippen LogP contribution is -1.93. The summed E-state index contributed by atoms with van der Waals surface area (Å²) in [7, 11) is 0. The molecule has 0 amide bonds. The van der Waals surface area contributed by atoms with Crippen molar-refractivity contribution in [3.05, 3.63) is 51.8 Å². The van der Waals surface area contributed by atoms with Crippen LogP contribution in [0.25, 0.3) is 11.3 Å². The molecule has 2 aromatic rings. The SMILES string of the molecule is CC(=O)Cc1ccc(-c2ccc([N+](=O)[O-])c(C)c2)o1. The van der Waals surface area contributed by atoms with E-state index in [4.69, 9.17) is 4.42 Å². The molecule has 98 valence electrons. The van der Waals surface area contributed by atoms with Crippen LogP contribution in [-0.2, 0) is 11.2 Å². The Morgan fingerprint density at radius 3 is 2.63 bits per heavy atom. The number of furan rings is 1. The van der Waals surface area contributed by atoms with E-state index in [1.165, 1.54) is 13.0 Å². The summed E-state index contributed by atoms with van der Waals surface area (Å²) in [6.07, 6.45) is 0.256. The lowest BCUT2D eigenvalue weighted by molar-refractivity contribution is -0.385. The number of nitro benzene ring substituents is 1. The minimum Gasteiger partial charge on any atom is -0.461 e. The number of nitrogens with zero attached hydrogens (tertiary/aromatic N) is 1. The molecule has 0 aliphatic heterocycles. The van der Waals surface area contributed by atoms with Gasteiger partial charge in [0.2, 0.25) is 0 Å². The molecule has 0 N–H and O–H groups in total. The molecule has 5 nitrogen and oxygen atoms in total. The van der Waals surface area contributed by atoms with Crippen LogP contribution in [0.4, 0.5) is 5.69 Å². The number of Topliss-reactive ketones (excluding diaryl/α,β-unsaturated/α-hetero) is 1. The van der Waals surface area contributed by atoms with Gasteiger partial charge in [0, 0.05) is 17.2 Å². The third-order valence-electron chi connectivity index (χ3n) is 2.76. The summed E-state index contributed by atoms with van der Waals surface area (Å²) in [5.41, 5.74) is 1.42. The van der Waals surface area contributed by atoms with Gasteiger partial charge in [0.15, 0.2) is 0 Å². The molecule has 0 spiro atoms. The number of benzene rings is 1. The summed E-state index contributed by atoms with van der Waals surface area (Å²) in [5.74, 6) is 1.23. The molecule has 0 atom stereocenters. The Balaban J connectivity index is 2.32. The van der Waals surface area contributed by atoms with Crippen LogP contribution in [0.2, 0.25) is 0 Å². The predicted molar refractivity (Wildman–Crippen MR) is 69.9 cm³/mol. The Bertz CT molecular complexity index is 643. The molecule has 0 unspecified atom stereocenters. The van der Waals surface area contributed by atoms with Crippen LogP contribution in [0, 0.1) is 17.0 Å². The van der Waals surface area contributed by atoms with E-state index >= 15 is 0 Å². The van der Waals surface area contributed by atoms with Gasteiger partial charge in [-0.05, 0) is 38.1 Å². The maximum atomic E-state index is 11.0. The molecule has 1 heterocycles. The Labute approximate surface area is 110 Å². The van der Waals surface area contributed by atoms with Gasteiger partial charge in [0.05, 0.1) is 11.3 Å². The van der Waals surface area contributed by atoms with Crippen LogP contribution < -0.4 is 0 Å². The van der Waals surface area contributed by atoms with Crippen LogP contribution in [0.1, 0.15) is 18.2 Å². The molecule has 0 saturated carbocycles. The van der Waals surface area contributed by atoms with Crippen molar-refractivity contribution in [3.63, 3.8) is 0 Å². The molecule has 1 aromatic heterocycles. The topological polar surface area (TPSA) is 73.3 Å². The second-order valence-electron chi connectivity index (χ2n) is 4.40. The van der Waals surface area contributed by atoms with E-state index < -0.39 is 4.92 Å². The van der Waals surface area contributed by atoms with Crippen molar-refractivity contribution in [1.82, 2.24) is 0 Å². The fourth-order valence-electron chi connectivity index (χ4n) is 1.89. The quantitative estimate of drug-likeness (QED) is 0.623. The number of rotatable bonds is 4. The van der Waals surface area contributed by atoms with E-state index in [0.29, 0.717) is 17.1 Å².